The lowest BCUT2D eigenvalue weighted by Crippen LogP contribution is -2.28. The molecule has 0 bridgehead atoms. The van der Waals surface area contributed by atoms with Gasteiger partial charge in [0.05, 0.1) is 12.0 Å². The van der Waals surface area contributed by atoms with Gasteiger partial charge < -0.3 is 19.9 Å². The molecular formula is C21H16FN3O4. The summed E-state index contributed by atoms with van der Waals surface area (Å²) in [6.45, 7) is 0. The molecule has 0 unspecified atom stereocenters. The van der Waals surface area contributed by atoms with E-state index in [1.165, 1.54) is 18.4 Å². The van der Waals surface area contributed by atoms with Crippen molar-refractivity contribution in [2.45, 2.75) is 12.5 Å². The molecule has 4 rings (SSSR count). The Balaban J connectivity index is 1.37. The number of oxime groups is 1. The van der Waals surface area contributed by atoms with Gasteiger partial charge in [-0.15, -0.1) is 0 Å². The Kier molecular flexibility index (Phi) is 5.07. The van der Waals surface area contributed by atoms with Crippen molar-refractivity contribution >= 4 is 28.9 Å². The summed E-state index contributed by atoms with van der Waals surface area (Å²) < 4.78 is 18.4. The molecule has 2 N–H and O–H groups in total. The maximum absolute atomic E-state index is 13.4. The van der Waals surface area contributed by atoms with Gasteiger partial charge in [0.2, 0.25) is 6.10 Å². The molecule has 0 spiro atoms. The molecule has 2 heterocycles. The van der Waals surface area contributed by atoms with E-state index in [0.29, 0.717) is 22.6 Å². The van der Waals surface area contributed by atoms with Crippen molar-refractivity contribution in [2.75, 3.05) is 10.6 Å². The monoisotopic (exact) mass is 393 g/mol. The van der Waals surface area contributed by atoms with Crippen molar-refractivity contribution in [3.63, 3.8) is 0 Å². The highest BCUT2D eigenvalue weighted by Gasteiger charge is 2.29. The van der Waals surface area contributed by atoms with Gasteiger partial charge in [-0.25, -0.2) is 4.39 Å². The molecule has 7 nitrogen and oxygen atoms in total. The lowest BCUT2D eigenvalue weighted by molar-refractivity contribution is -0.125. The summed E-state index contributed by atoms with van der Waals surface area (Å²) in [5.74, 6) is -0.993. The Bertz CT molecular complexity index is 1080. The zero-order valence-electron chi connectivity index (χ0n) is 15.1. The van der Waals surface area contributed by atoms with Gasteiger partial charge in [0.1, 0.15) is 5.82 Å². The topological polar surface area (TPSA) is 92.9 Å². The minimum absolute atomic E-state index is 0.181. The van der Waals surface area contributed by atoms with Crippen LogP contribution in [0.25, 0.3) is 0 Å². The number of hydrogen-bond acceptors (Lipinski definition) is 5. The molecule has 0 radical (unpaired) electrons. The van der Waals surface area contributed by atoms with Gasteiger partial charge in [-0.2, -0.15) is 0 Å². The Morgan fingerprint density at radius 1 is 1.00 bits per heavy atom. The first kappa shape index (κ1) is 18.4. The standard InChI is InChI=1S/C21H16FN3O4/c22-14-5-1-4-13(10-14)17-12-19(29-25-17)21(27)24-16-7-2-6-15(11-16)23-20(26)18-8-3-9-28-18/h1-11,19H,12H2,(H,23,26)(H,24,27)/t19-/m0/s1. The van der Waals surface area contributed by atoms with Gasteiger partial charge in [-0.1, -0.05) is 23.4 Å². The van der Waals surface area contributed by atoms with Crippen LogP contribution in [0.4, 0.5) is 15.8 Å². The number of carbonyl (C=O) groups excluding carboxylic acids is 2. The van der Waals surface area contributed by atoms with Crippen LogP contribution in [0, 0.1) is 5.82 Å². The van der Waals surface area contributed by atoms with E-state index in [-0.39, 0.29) is 18.0 Å². The van der Waals surface area contributed by atoms with Crippen LogP contribution in [-0.2, 0) is 9.63 Å². The molecule has 1 atom stereocenters. The molecule has 2 amide bonds. The van der Waals surface area contributed by atoms with Crippen LogP contribution < -0.4 is 10.6 Å². The predicted octanol–water partition coefficient (Wildman–Crippen LogP) is 3.80. The highest BCUT2D eigenvalue weighted by Crippen LogP contribution is 2.21. The molecule has 1 aliphatic rings. The molecule has 0 saturated carbocycles. The van der Waals surface area contributed by atoms with E-state index in [4.69, 9.17) is 9.25 Å². The number of furan rings is 1. The van der Waals surface area contributed by atoms with Gasteiger partial charge in [-0.05, 0) is 42.5 Å². The van der Waals surface area contributed by atoms with E-state index in [9.17, 15) is 14.0 Å². The third-order valence-corrected chi connectivity index (χ3v) is 4.25. The van der Waals surface area contributed by atoms with Gasteiger partial charge in [0.25, 0.3) is 11.8 Å². The second kappa shape index (κ2) is 7.97. The summed E-state index contributed by atoms with van der Waals surface area (Å²) in [5.41, 5.74) is 2.05. The lowest BCUT2D eigenvalue weighted by atomic mass is 10.0. The van der Waals surface area contributed by atoms with Crippen molar-refractivity contribution in [3.8, 4) is 0 Å². The first-order valence-electron chi connectivity index (χ1n) is 8.83. The summed E-state index contributed by atoms with van der Waals surface area (Å²) in [4.78, 5) is 29.8. The predicted molar refractivity (Wildman–Crippen MR) is 104 cm³/mol. The molecule has 3 aromatic rings. The van der Waals surface area contributed by atoms with Crippen LogP contribution in [0.2, 0.25) is 0 Å². The highest BCUT2D eigenvalue weighted by atomic mass is 19.1. The number of hydrogen-bond donors (Lipinski definition) is 2. The van der Waals surface area contributed by atoms with Crippen LogP contribution in [0.3, 0.4) is 0 Å². The van der Waals surface area contributed by atoms with Crippen LogP contribution in [0.1, 0.15) is 22.5 Å². The maximum atomic E-state index is 13.4. The minimum atomic E-state index is -0.824. The second-order valence-corrected chi connectivity index (χ2v) is 6.35. The molecule has 0 saturated heterocycles. The Morgan fingerprint density at radius 2 is 1.79 bits per heavy atom. The lowest BCUT2D eigenvalue weighted by Gasteiger charge is -2.11. The molecule has 0 fully saturated rings. The van der Waals surface area contributed by atoms with Crippen molar-refractivity contribution in [1.82, 2.24) is 0 Å². The van der Waals surface area contributed by atoms with Crippen LogP contribution in [0.5, 0.6) is 0 Å². The van der Waals surface area contributed by atoms with Crippen LogP contribution in [0.15, 0.2) is 76.5 Å². The number of nitrogens with one attached hydrogen (secondary N) is 2. The van der Waals surface area contributed by atoms with E-state index >= 15 is 0 Å². The summed E-state index contributed by atoms with van der Waals surface area (Å²) >= 11 is 0. The molecule has 29 heavy (non-hydrogen) atoms. The average molecular weight is 393 g/mol. The zero-order valence-corrected chi connectivity index (χ0v) is 15.1. The fourth-order valence-electron chi connectivity index (χ4n) is 2.85. The van der Waals surface area contributed by atoms with E-state index in [0.717, 1.165) is 0 Å². The molecule has 1 aromatic heterocycles. The fraction of sp³-hybridized carbons (Fsp3) is 0.0952. The average Bonchev–Trinajstić information content (AvgIpc) is 3.41. The van der Waals surface area contributed by atoms with Crippen LogP contribution >= 0.6 is 0 Å². The van der Waals surface area contributed by atoms with Gasteiger partial charge in [0.15, 0.2) is 5.76 Å². The smallest absolute Gasteiger partial charge is 0.291 e. The Labute approximate surface area is 165 Å². The third kappa shape index (κ3) is 4.32. The largest absolute Gasteiger partial charge is 0.459 e. The van der Waals surface area contributed by atoms with E-state index in [1.54, 1.807) is 48.5 Å². The minimum Gasteiger partial charge on any atom is -0.459 e. The fourth-order valence-corrected chi connectivity index (χ4v) is 2.85. The Morgan fingerprint density at radius 3 is 2.55 bits per heavy atom. The molecule has 146 valence electrons. The third-order valence-electron chi connectivity index (χ3n) is 4.25. The first-order chi connectivity index (χ1) is 14.1. The molecule has 1 aliphatic heterocycles. The van der Waals surface area contributed by atoms with Crippen LogP contribution in [-0.4, -0.2) is 23.6 Å². The van der Waals surface area contributed by atoms with E-state index < -0.39 is 17.9 Å². The number of benzene rings is 2. The van der Waals surface area contributed by atoms with Crippen molar-refractivity contribution in [3.05, 3.63) is 84.1 Å². The first-order valence-corrected chi connectivity index (χ1v) is 8.83. The number of halogens is 1. The summed E-state index contributed by atoms with van der Waals surface area (Å²) in [5, 5.41) is 9.32. The molecule has 2 aromatic carbocycles. The van der Waals surface area contributed by atoms with E-state index in [1.807, 2.05) is 0 Å². The van der Waals surface area contributed by atoms with E-state index in [2.05, 4.69) is 15.8 Å². The number of amides is 2. The normalized spacial score (nSPS) is 15.3. The number of rotatable bonds is 5. The Hall–Kier alpha value is -3.94. The SMILES string of the molecule is O=C(Nc1cccc(NC(=O)[C@@H]2CC(c3cccc(F)c3)=NO2)c1)c1ccco1. The highest BCUT2D eigenvalue weighted by molar-refractivity contribution is 6.06. The zero-order chi connectivity index (χ0) is 20.2. The van der Waals surface area contributed by atoms with Crippen molar-refractivity contribution in [2.24, 2.45) is 5.16 Å². The number of carbonyl (C=O) groups is 2. The second-order valence-electron chi connectivity index (χ2n) is 6.35. The molecule has 0 aliphatic carbocycles. The number of nitrogens with zero attached hydrogens (tertiary/aromatic N) is 1. The van der Waals surface area contributed by atoms with Crippen molar-refractivity contribution < 1.29 is 23.2 Å². The molecular weight excluding hydrogens is 377 g/mol. The summed E-state index contributed by atoms with van der Waals surface area (Å²) in [6.07, 6.45) is 0.812. The van der Waals surface area contributed by atoms with Gasteiger partial charge in [0, 0.05) is 23.4 Å². The summed E-state index contributed by atoms with van der Waals surface area (Å²) in [7, 11) is 0. The molecule has 8 heteroatoms. The quantitative estimate of drug-likeness (QED) is 0.690. The van der Waals surface area contributed by atoms with Gasteiger partial charge in [-0.3, -0.25) is 9.59 Å². The van der Waals surface area contributed by atoms with Crippen molar-refractivity contribution in [1.29, 1.82) is 0 Å². The maximum Gasteiger partial charge on any atom is 0.291 e. The number of anilines is 2. The van der Waals surface area contributed by atoms with Gasteiger partial charge >= 0.3 is 0 Å². The summed E-state index contributed by atoms with van der Waals surface area (Å²) in [6, 6.07) is 15.8.